The number of nitriles is 1. The number of ketones is 1. The molecular weight excluding hydrogens is 146 g/mol. The number of ether oxygens (including phenoxy) is 2. The molecule has 0 amide bonds. The standard InChI is InChI=1S/C7H11NO3/c1-10-7(11-2)5-6(9)3-4-8/h7H,3,5H2,1-2H3. The van der Waals surface area contributed by atoms with E-state index in [4.69, 9.17) is 14.7 Å². The van der Waals surface area contributed by atoms with Crippen molar-refractivity contribution in [2.24, 2.45) is 0 Å². The Balaban J connectivity index is 3.64. The van der Waals surface area contributed by atoms with Gasteiger partial charge >= 0.3 is 0 Å². The Labute approximate surface area is 65.7 Å². The van der Waals surface area contributed by atoms with Gasteiger partial charge in [-0.25, -0.2) is 0 Å². The predicted molar refractivity (Wildman–Crippen MR) is 37.7 cm³/mol. The largest absolute Gasteiger partial charge is 0.355 e. The van der Waals surface area contributed by atoms with Crippen molar-refractivity contribution >= 4 is 5.78 Å². The van der Waals surface area contributed by atoms with E-state index in [1.54, 1.807) is 6.07 Å². The molecule has 0 N–H and O–H groups in total. The SMILES string of the molecule is COC(CC(=O)CC#N)OC. The van der Waals surface area contributed by atoms with E-state index in [1.165, 1.54) is 14.2 Å². The Bertz CT molecular complexity index is 158. The highest BCUT2D eigenvalue weighted by molar-refractivity contribution is 5.80. The highest BCUT2D eigenvalue weighted by Crippen LogP contribution is 2.00. The summed E-state index contributed by atoms with van der Waals surface area (Å²) in [5.74, 6) is -0.166. The quantitative estimate of drug-likeness (QED) is 0.544. The lowest BCUT2D eigenvalue weighted by Crippen LogP contribution is -2.17. The maximum atomic E-state index is 10.8. The maximum Gasteiger partial charge on any atom is 0.163 e. The smallest absolute Gasteiger partial charge is 0.163 e. The van der Waals surface area contributed by atoms with E-state index in [0.29, 0.717) is 0 Å². The van der Waals surface area contributed by atoms with Gasteiger partial charge in [0.15, 0.2) is 12.1 Å². The molecule has 0 unspecified atom stereocenters. The number of Topliss-reactive ketones (excluding diaryl/α,β-unsaturated/α-hetero) is 1. The lowest BCUT2D eigenvalue weighted by Gasteiger charge is -2.10. The van der Waals surface area contributed by atoms with Crippen LogP contribution >= 0.6 is 0 Å². The van der Waals surface area contributed by atoms with Crippen molar-refractivity contribution in [2.75, 3.05) is 14.2 Å². The third kappa shape index (κ3) is 4.48. The molecule has 11 heavy (non-hydrogen) atoms. The molecule has 0 saturated heterocycles. The fourth-order valence-electron chi connectivity index (χ4n) is 0.609. The zero-order valence-corrected chi connectivity index (χ0v) is 6.66. The molecule has 0 saturated carbocycles. The molecule has 0 fully saturated rings. The lowest BCUT2D eigenvalue weighted by molar-refractivity contribution is -0.136. The van der Waals surface area contributed by atoms with Gasteiger partial charge in [0.1, 0.15) is 0 Å². The van der Waals surface area contributed by atoms with Gasteiger partial charge in [-0.3, -0.25) is 4.79 Å². The first kappa shape index (κ1) is 10.1. The van der Waals surface area contributed by atoms with Gasteiger partial charge in [0.2, 0.25) is 0 Å². The molecule has 0 heterocycles. The van der Waals surface area contributed by atoms with Gasteiger partial charge in [-0.2, -0.15) is 5.26 Å². The van der Waals surface area contributed by atoms with Gasteiger partial charge in [0, 0.05) is 14.2 Å². The van der Waals surface area contributed by atoms with Crippen molar-refractivity contribution in [3.63, 3.8) is 0 Å². The van der Waals surface area contributed by atoms with Crippen LogP contribution < -0.4 is 0 Å². The highest BCUT2D eigenvalue weighted by Gasteiger charge is 2.10. The van der Waals surface area contributed by atoms with Gasteiger partial charge in [-0.05, 0) is 0 Å². The Morgan fingerprint density at radius 2 is 2.09 bits per heavy atom. The molecule has 62 valence electrons. The van der Waals surface area contributed by atoms with E-state index in [0.717, 1.165) is 0 Å². The molecule has 0 aromatic rings. The number of methoxy groups -OCH3 is 2. The minimum Gasteiger partial charge on any atom is -0.355 e. The zero-order chi connectivity index (χ0) is 8.69. The van der Waals surface area contributed by atoms with Gasteiger partial charge in [0.05, 0.1) is 18.9 Å². The van der Waals surface area contributed by atoms with Crippen LogP contribution in [-0.2, 0) is 14.3 Å². The summed E-state index contributed by atoms with van der Waals surface area (Å²) >= 11 is 0. The van der Waals surface area contributed by atoms with Crippen LogP contribution in [0.15, 0.2) is 0 Å². The second kappa shape index (κ2) is 5.83. The average Bonchev–Trinajstić information content (AvgIpc) is 2.01. The van der Waals surface area contributed by atoms with E-state index in [-0.39, 0.29) is 18.6 Å². The van der Waals surface area contributed by atoms with Crippen LogP contribution in [0.5, 0.6) is 0 Å². The van der Waals surface area contributed by atoms with Gasteiger partial charge in [-0.1, -0.05) is 0 Å². The lowest BCUT2D eigenvalue weighted by atomic mass is 10.2. The summed E-state index contributed by atoms with van der Waals surface area (Å²) in [7, 11) is 2.90. The Morgan fingerprint density at radius 3 is 2.45 bits per heavy atom. The van der Waals surface area contributed by atoms with Crippen LogP contribution in [0.1, 0.15) is 12.8 Å². The summed E-state index contributed by atoms with van der Waals surface area (Å²) in [6.45, 7) is 0. The fourth-order valence-corrected chi connectivity index (χ4v) is 0.609. The summed E-state index contributed by atoms with van der Waals surface area (Å²) < 4.78 is 9.53. The molecule has 0 aliphatic heterocycles. The number of rotatable bonds is 5. The summed E-state index contributed by atoms with van der Waals surface area (Å²) in [5, 5.41) is 8.14. The first-order chi connectivity index (χ1) is 5.24. The van der Waals surface area contributed by atoms with E-state index < -0.39 is 6.29 Å². The van der Waals surface area contributed by atoms with Crippen LogP contribution in [0.25, 0.3) is 0 Å². The molecule has 0 rings (SSSR count). The topological polar surface area (TPSA) is 59.3 Å². The number of carbonyl (C=O) groups excluding carboxylic acids is 1. The Kier molecular flexibility index (Phi) is 5.35. The zero-order valence-electron chi connectivity index (χ0n) is 6.66. The van der Waals surface area contributed by atoms with Crippen LogP contribution in [0.2, 0.25) is 0 Å². The van der Waals surface area contributed by atoms with E-state index in [1.807, 2.05) is 0 Å². The fraction of sp³-hybridized carbons (Fsp3) is 0.714. The monoisotopic (exact) mass is 157 g/mol. The molecule has 0 aliphatic carbocycles. The van der Waals surface area contributed by atoms with Crippen LogP contribution in [0.4, 0.5) is 0 Å². The summed E-state index contributed by atoms with van der Waals surface area (Å²) in [6.07, 6.45) is -0.458. The van der Waals surface area contributed by atoms with Gasteiger partial charge in [-0.15, -0.1) is 0 Å². The maximum absolute atomic E-state index is 10.8. The Hall–Kier alpha value is -0.920. The van der Waals surface area contributed by atoms with Crippen molar-refractivity contribution in [2.45, 2.75) is 19.1 Å². The second-order valence-corrected chi connectivity index (χ2v) is 1.98. The summed E-state index contributed by atoms with van der Waals surface area (Å²) in [6, 6.07) is 1.76. The molecule has 0 aromatic heterocycles. The molecule has 4 heteroatoms. The minimum absolute atomic E-state index is 0.0801. The molecular formula is C7H11NO3. The van der Waals surface area contributed by atoms with Crippen LogP contribution in [0.3, 0.4) is 0 Å². The van der Waals surface area contributed by atoms with E-state index in [2.05, 4.69) is 0 Å². The van der Waals surface area contributed by atoms with Crippen molar-refractivity contribution in [3.05, 3.63) is 0 Å². The minimum atomic E-state index is -0.518. The van der Waals surface area contributed by atoms with E-state index >= 15 is 0 Å². The summed E-state index contributed by atoms with van der Waals surface area (Å²) in [5.41, 5.74) is 0. The number of nitrogens with zero attached hydrogens (tertiary/aromatic N) is 1. The molecule has 0 bridgehead atoms. The first-order valence-electron chi connectivity index (χ1n) is 3.18. The molecule has 4 nitrogen and oxygen atoms in total. The van der Waals surface area contributed by atoms with E-state index in [9.17, 15) is 4.79 Å². The first-order valence-corrected chi connectivity index (χ1v) is 3.18. The van der Waals surface area contributed by atoms with Crippen molar-refractivity contribution in [1.82, 2.24) is 0 Å². The number of hydrogen-bond acceptors (Lipinski definition) is 4. The molecule has 0 aromatic carbocycles. The van der Waals surface area contributed by atoms with Gasteiger partial charge < -0.3 is 9.47 Å². The van der Waals surface area contributed by atoms with Crippen LogP contribution in [0, 0.1) is 11.3 Å². The number of hydrogen-bond donors (Lipinski definition) is 0. The normalized spacial score (nSPS) is 9.64. The van der Waals surface area contributed by atoms with Crippen LogP contribution in [-0.4, -0.2) is 26.3 Å². The Morgan fingerprint density at radius 1 is 1.55 bits per heavy atom. The average molecular weight is 157 g/mol. The van der Waals surface area contributed by atoms with Crippen molar-refractivity contribution in [3.8, 4) is 6.07 Å². The molecule has 0 spiro atoms. The highest BCUT2D eigenvalue weighted by atomic mass is 16.7. The third-order valence-electron chi connectivity index (χ3n) is 1.20. The van der Waals surface area contributed by atoms with Gasteiger partial charge in [0.25, 0.3) is 0 Å². The third-order valence-corrected chi connectivity index (χ3v) is 1.20. The van der Waals surface area contributed by atoms with Crippen molar-refractivity contribution in [1.29, 1.82) is 5.26 Å². The second-order valence-electron chi connectivity index (χ2n) is 1.98. The molecule has 0 aliphatic rings. The summed E-state index contributed by atoms with van der Waals surface area (Å²) in [4.78, 5) is 10.8. The predicted octanol–water partition coefficient (Wildman–Crippen LogP) is 0.478. The van der Waals surface area contributed by atoms with Crippen molar-refractivity contribution < 1.29 is 14.3 Å². The molecule has 0 atom stereocenters. The molecule has 0 radical (unpaired) electrons. The number of carbonyl (C=O) groups is 1.